The second-order valence-electron chi connectivity index (χ2n) is 7.32. The van der Waals surface area contributed by atoms with Gasteiger partial charge >= 0.3 is 5.97 Å². The highest BCUT2D eigenvalue weighted by Crippen LogP contribution is 2.25. The number of methoxy groups -OCH3 is 1. The third-order valence-corrected chi connectivity index (χ3v) is 5.06. The van der Waals surface area contributed by atoms with Crippen LogP contribution in [0.3, 0.4) is 0 Å². The molecule has 28 heavy (non-hydrogen) atoms. The molecule has 0 radical (unpaired) electrons. The van der Waals surface area contributed by atoms with Crippen molar-refractivity contribution in [1.29, 1.82) is 5.26 Å². The van der Waals surface area contributed by atoms with E-state index in [1.54, 1.807) is 21.0 Å². The van der Waals surface area contributed by atoms with Crippen LogP contribution in [0, 0.1) is 17.2 Å². The Labute approximate surface area is 165 Å². The first-order valence-electron chi connectivity index (χ1n) is 9.16. The Morgan fingerprint density at radius 2 is 1.79 bits per heavy atom. The summed E-state index contributed by atoms with van der Waals surface area (Å²) >= 11 is 0. The number of rotatable bonds is 7. The highest BCUT2D eigenvalue weighted by molar-refractivity contribution is 5.87. The zero-order chi connectivity index (χ0) is 20.9. The van der Waals surface area contributed by atoms with Crippen LogP contribution in [0.15, 0.2) is 36.4 Å². The minimum absolute atomic E-state index is 0.0766. The quantitative estimate of drug-likeness (QED) is 0.740. The smallest absolute Gasteiger partial charge is 0.313 e. The third kappa shape index (κ3) is 4.80. The number of nitrogens with one attached hydrogen (secondary N) is 1. The van der Waals surface area contributed by atoms with Crippen LogP contribution < -0.4 is 10.1 Å². The van der Waals surface area contributed by atoms with Gasteiger partial charge in [-0.2, -0.15) is 5.26 Å². The molecule has 6 heteroatoms. The largest absolute Gasteiger partial charge is 0.497 e. The molecule has 0 fully saturated rings. The first kappa shape index (κ1) is 21.2. The van der Waals surface area contributed by atoms with Crippen LogP contribution in [-0.2, 0) is 14.3 Å². The first-order valence-corrected chi connectivity index (χ1v) is 9.16. The highest BCUT2D eigenvalue weighted by Gasteiger charge is 2.30. The molecular weight excluding hydrogens is 356 g/mol. The number of hydrogen-bond acceptors (Lipinski definition) is 5. The lowest BCUT2D eigenvalue weighted by atomic mass is 9.90. The average molecular weight is 382 g/mol. The van der Waals surface area contributed by atoms with Gasteiger partial charge in [-0.05, 0) is 48.2 Å². The third-order valence-electron chi connectivity index (χ3n) is 5.06. The predicted octanol–water partition coefficient (Wildman–Crippen LogP) is 3.55. The van der Waals surface area contributed by atoms with Crippen LogP contribution in [0.4, 0.5) is 0 Å². The standard InChI is InChI=1S/C22H26N2O4/c1-14(2)22(4,13-23)24-20(25)12-28-21(26)15(3)16-6-7-18-11-19(27-5)9-8-17(18)10-16/h6-11,14-15H,12H2,1-5H3,(H,24,25)/t15-,22-/m0/s1. The number of ether oxygens (including phenoxy) is 2. The van der Waals surface area contributed by atoms with Crippen molar-refractivity contribution in [3.8, 4) is 11.8 Å². The number of esters is 1. The summed E-state index contributed by atoms with van der Waals surface area (Å²) in [6.45, 7) is 6.64. The number of hydrogen-bond donors (Lipinski definition) is 1. The Bertz CT molecular complexity index is 916. The van der Waals surface area contributed by atoms with Crippen LogP contribution in [0.1, 0.15) is 39.2 Å². The SMILES string of the molecule is COc1ccc2cc([C@H](C)C(=O)OCC(=O)N[C@@](C)(C#N)C(C)C)ccc2c1. The van der Waals surface area contributed by atoms with Gasteiger partial charge in [0.25, 0.3) is 5.91 Å². The van der Waals surface area contributed by atoms with E-state index < -0.39 is 29.9 Å². The molecule has 0 saturated carbocycles. The van der Waals surface area contributed by atoms with Gasteiger partial charge in [0.15, 0.2) is 6.61 Å². The van der Waals surface area contributed by atoms with Gasteiger partial charge in [-0.25, -0.2) is 0 Å². The van der Waals surface area contributed by atoms with Gasteiger partial charge in [0.1, 0.15) is 11.3 Å². The zero-order valence-corrected chi connectivity index (χ0v) is 16.9. The summed E-state index contributed by atoms with van der Waals surface area (Å²) in [4.78, 5) is 24.4. The molecule has 2 aromatic carbocycles. The highest BCUT2D eigenvalue weighted by atomic mass is 16.5. The second-order valence-corrected chi connectivity index (χ2v) is 7.32. The Balaban J connectivity index is 2.01. The fraction of sp³-hybridized carbons (Fsp3) is 0.409. The monoisotopic (exact) mass is 382 g/mol. The fourth-order valence-corrected chi connectivity index (χ4v) is 2.66. The van der Waals surface area contributed by atoms with Gasteiger partial charge in [0.2, 0.25) is 0 Å². The summed E-state index contributed by atoms with van der Waals surface area (Å²) in [7, 11) is 1.62. The van der Waals surface area contributed by atoms with E-state index in [1.807, 2.05) is 50.2 Å². The van der Waals surface area contributed by atoms with Crippen LogP contribution in [0.5, 0.6) is 5.75 Å². The Kier molecular flexibility index (Phi) is 6.63. The molecule has 0 heterocycles. The van der Waals surface area contributed by atoms with Crippen LogP contribution in [0.25, 0.3) is 10.8 Å². The van der Waals surface area contributed by atoms with Gasteiger partial charge in [0, 0.05) is 0 Å². The molecule has 0 aliphatic heterocycles. The Morgan fingerprint density at radius 3 is 2.39 bits per heavy atom. The minimum atomic E-state index is -1.01. The fourth-order valence-electron chi connectivity index (χ4n) is 2.66. The molecule has 0 aliphatic rings. The lowest BCUT2D eigenvalue weighted by Gasteiger charge is -2.27. The maximum atomic E-state index is 12.4. The van der Waals surface area contributed by atoms with Crippen LogP contribution in [-0.4, -0.2) is 31.1 Å². The van der Waals surface area contributed by atoms with Gasteiger partial charge in [-0.1, -0.05) is 38.1 Å². The molecular formula is C22H26N2O4. The van der Waals surface area contributed by atoms with Gasteiger partial charge in [0.05, 0.1) is 19.1 Å². The summed E-state index contributed by atoms with van der Waals surface area (Å²) in [5.41, 5.74) is -0.207. The number of carbonyl (C=O) groups is 2. The maximum absolute atomic E-state index is 12.4. The molecule has 2 atom stereocenters. The Morgan fingerprint density at radius 1 is 1.14 bits per heavy atom. The molecule has 0 spiro atoms. The van der Waals surface area contributed by atoms with Crippen molar-refractivity contribution in [2.75, 3.05) is 13.7 Å². The molecule has 0 saturated heterocycles. The van der Waals surface area contributed by atoms with Crippen molar-refractivity contribution in [3.63, 3.8) is 0 Å². The van der Waals surface area contributed by atoms with E-state index >= 15 is 0 Å². The van der Waals surface area contributed by atoms with Crippen LogP contribution in [0.2, 0.25) is 0 Å². The zero-order valence-electron chi connectivity index (χ0n) is 16.9. The number of nitrogens with zero attached hydrogens (tertiary/aromatic N) is 1. The molecule has 2 aromatic rings. The van der Waals surface area contributed by atoms with Crippen molar-refractivity contribution < 1.29 is 19.1 Å². The molecule has 0 unspecified atom stereocenters. The molecule has 1 amide bonds. The second kappa shape index (κ2) is 8.75. The summed E-state index contributed by atoms with van der Waals surface area (Å²) in [6.07, 6.45) is 0. The molecule has 0 aliphatic carbocycles. The van der Waals surface area contributed by atoms with Crippen LogP contribution >= 0.6 is 0 Å². The molecule has 2 rings (SSSR count). The minimum Gasteiger partial charge on any atom is -0.497 e. The van der Waals surface area contributed by atoms with Gasteiger partial charge in [-0.15, -0.1) is 0 Å². The normalized spacial score (nSPS) is 14.0. The van der Waals surface area contributed by atoms with Crippen molar-refractivity contribution in [3.05, 3.63) is 42.0 Å². The molecule has 1 N–H and O–H groups in total. The van der Waals surface area contributed by atoms with Gasteiger partial charge in [-0.3, -0.25) is 9.59 Å². The number of benzene rings is 2. The molecule has 6 nitrogen and oxygen atoms in total. The van der Waals surface area contributed by atoms with Gasteiger partial charge < -0.3 is 14.8 Å². The van der Waals surface area contributed by atoms with Crippen molar-refractivity contribution in [1.82, 2.24) is 5.32 Å². The summed E-state index contributed by atoms with van der Waals surface area (Å²) in [5, 5.41) is 13.9. The summed E-state index contributed by atoms with van der Waals surface area (Å²) < 4.78 is 10.4. The Hall–Kier alpha value is -3.07. The van der Waals surface area contributed by atoms with E-state index in [4.69, 9.17) is 9.47 Å². The van der Waals surface area contributed by atoms with E-state index in [-0.39, 0.29) is 5.92 Å². The first-order chi connectivity index (χ1) is 13.2. The van der Waals surface area contributed by atoms with E-state index in [2.05, 4.69) is 11.4 Å². The number of nitriles is 1. The number of amides is 1. The maximum Gasteiger partial charge on any atom is 0.313 e. The average Bonchev–Trinajstić information content (AvgIpc) is 2.70. The lowest BCUT2D eigenvalue weighted by Crippen LogP contribution is -2.50. The summed E-state index contributed by atoms with van der Waals surface area (Å²) in [6, 6.07) is 13.5. The van der Waals surface area contributed by atoms with E-state index in [1.165, 1.54) is 0 Å². The molecule has 0 aromatic heterocycles. The van der Waals surface area contributed by atoms with E-state index in [0.29, 0.717) is 0 Å². The molecule has 148 valence electrons. The van der Waals surface area contributed by atoms with Crippen molar-refractivity contribution in [2.24, 2.45) is 5.92 Å². The summed E-state index contributed by atoms with van der Waals surface area (Å²) in [5.74, 6) is -0.821. The topological polar surface area (TPSA) is 88.4 Å². The number of carbonyl (C=O) groups excluding carboxylic acids is 2. The van der Waals surface area contributed by atoms with E-state index in [9.17, 15) is 14.9 Å². The van der Waals surface area contributed by atoms with Crippen molar-refractivity contribution in [2.45, 2.75) is 39.2 Å². The lowest BCUT2D eigenvalue weighted by molar-refractivity contribution is -0.150. The molecule has 0 bridgehead atoms. The van der Waals surface area contributed by atoms with E-state index in [0.717, 1.165) is 22.1 Å². The van der Waals surface area contributed by atoms with Crippen molar-refractivity contribution >= 4 is 22.6 Å². The number of fused-ring (bicyclic) bond motifs is 1. The predicted molar refractivity (Wildman–Crippen MR) is 107 cm³/mol.